The quantitative estimate of drug-likeness (QED) is 0.709. The third kappa shape index (κ3) is 2.70. The first-order valence-corrected chi connectivity index (χ1v) is 5.68. The summed E-state index contributed by atoms with van der Waals surface area (Å²) in [5.74, 6) is 2.58. The second-order valence-electron chi connectivity index (χ2n) is 5.65. The van der Waals surface area contributed by atoms with Crippen LogP contribution in [0.2, 0.25) is 0 Å². The largest absolute Gasteiger partial charge is 0.311 e. The Kier molecular flexibility index (Phi) is 3.39. The van der Waals surface area contributed by atoms with Crippen LogP contribution in [0, 0.1) is 17.8 Å². The molecular weight excluding hydrogens is 158 g/mol. The van der Waals surface area contributed by atoms with E-state index in [0.717, 1.165) is 17.8 Å². The number of hydrogen-bond acceptors (Lipinski definition) is 1. The van der Waals surface area contributed by atoms with Gasteiger partial charge in [-0.2, -0.15) is 0 Å². The maximum absolute atomic E-state index is 3.60. The highest BCUT2D eigenvalue weighted by Gasteiger charge is 2.37. The van der Waals surface area contributed by atoms with Gasteiger partial charge in [-0.3, -0.25) is 0 Å². The van der Waals surface area contributed by atoms with E-state index in [2.05, 4.69) is 39.9 Å². The summed E-state index contributed by atoms with van der Waals surface area (Å²) in [6.07, 6.45) is 2.73. The SMILES string of the molecule is CC(C)CC(C)C1CCNC1(C)C. The third-order valence-corrected chi connectivity index (χ3v) is 3.49. The van der Waals surface area contributed by atoms with Crippen molar-refractivity contribution in [3.05, 3.63) is 0 Å². The lowest BCUT2D eigenvalue weighted by Gasteiger charge is -2.32. The van der Waals surface area contributed by atoms with Crippen molar-refractivity contribution in [3.8, 4) is 0 Å². The third-order valence-electron chi connectivity index (χ3n) is 3.49. The van der Waals surface area contributed by atoms with Gasteiger partial charge in [0.05, 0.1) is 0 Å². The van der Waals surface area contributed by atoms with Crippen molar-refractivity contribution >= 4 is 0 Å². The molecule has 1 N–H and O–H groups in total. The van der Waals surface area contributed by atoms with Crippen molar-refractivity contribution in [3.63, 3.8) is 0 Å². The van der Waals surface area contributed by atoms with Gasteiger partial charge < -0.3 is 5.32 Å². The van der Waals surface area contributed by atoms with Crippen LogP contribution in [0.1, 0.15) is 47.5 Å². The fraction of sp³-hybridized carbons (Fsp3) is 1.00. The van der Waals surface area contributed by atoms with E-state index in [1.54, 1.807) is 0 Å². The Hall–Kier alpha value is -0.0400. The molecule has 0 bridgehead atoms. The molecule has 0 aromatic heterocycles. The summed E-state index contributed by atoms with van der Waals surface area (Å²) in [4.78, 5) is 0. The van der Waals surface area contributed by atoms with E-state index in [0.29, 0.717) is 5.54 Å². The monoisotopic (exact) mass is 183 g/mol. The Morgan fingerprint density at radius 2 is 1.92 bits per heavy atom. The Morgan fingerprint density at radius 1 is 1.31 bits per heavy atom. The molecule has 78 valence electrons. The molecule has 1 rings (SSSR count). The fourth-order valence-electron chi connectivity index (χ4n) is 2.95. The van der Waals surface area contributed by atoms with Gasteiger partial charge in [0.25, 0.3) is 0 Å². The molecule has 0 aromatic rings. The minimum atomic E-state index is 0.369. The van der Waals surface area contributed by atoms with Crippen molar-refractivity contribution in [1.29, 1.82) is 0 Å². The van der Waals surface area contributed by atoms with Crippen LogP contribution in [0.15, 0.2) is 0 Å². The molecule has 1 nitrogen and oxygen atoms in total. The van der Waals surface area contributed by atoms with Gasteiger partial charge in [-0.25, -0.2) is 0 Å². The average Bonchev–Trinajstić information content (AvgIpc) is 2.27. The van der Waals surface area contributed by atoms with Crippen LogP contribution in [-0.2, 0) is 0 Å². The van der Waals surface area contributed by atoms with E-state index in [4.69, 9.17) is 0 Å². The number of hydrogen-bond donors (Lipinski definition) is 1. The van der Waals surface area contributed by atoms with Crippen LogP contribution < -0.4 is 5.32 Å². The van der Waals surface area contributed by atoms with E-state index in [9.17, 15) is 0 Å². The highest BCUT2D eigenvalue weighted by molar-refractivity contribution is 4.94. The summed E-state index contributed by atoms with van der Waals surface area (Å²) in [6, 6.07) is 0. The highest BCUT2D eigenvalue weighted by atomic mass is 15.0. The molecule has 1 heterocycles. The lowest BCUT2D eigenvalue weighted by molar-refractivity contribution is 0.220. The Bertz CT molecular complexity index is 161. The Labute approximate surface area is 83.3 Å². The molecule has 13 heavy (non-hydrogen) atoms. The summed E-state index contributed by atoms with van der Waals surface area (Å²) in [5.41, 5.74) is 0.369. The molecule has 0 radical (unpaired) electrons. The summed E-state index contributed by atoms with van der Waals surface area (Å²) in [6.45, 7) is 13.0. The molecule has 0 aromatic carbocycles. The first-order chi connectivity index (χ1) is 5.93. The maximum Gasteiger partial charge on any atom is 0.0156 e. The topological polar surface area (TPSA) is 12.0 Å². The highest BCUT2D eigenvalue weighted by Crippen LogP contribution is 2.35. The molecule has 1 fully saturated rings. The van der Waals surface area contributed by atoms with Crippen molar-refractivity contribution < 1.29 is 0 Å². The molecule has 1 heteroatoms. The molecule has 0 amide bonds. The zero-order chi connectivity index (χ0) is 10.1. The van der Waals surface area contributed by atoms with Gasteiger partial charge in [0.2, 0.25) is 0 Å². The minimum Gasteiger partial charge on any atom is -0.311 e. The van der Waals surface area contributed by atoms with Crippen LogP contribution in [-0.4, -0.2) is 12.1 Å². The fourth-order valence-corrected chi connectivity index (χ4v) is 2.95. The average molecular weight is 183 g/mol. The van der Waals surface area contributed by atoms with Gasteiger partial charge in [0.1, 0.15) is 0 Å². The van der Waals surface area contributed by atoms with Crippen LogP contribution >= 0.6 is 0 Å². The van der Waals surface area contributed by atoms with E-state index in [-0.39, 0.29) is 0 Å². The summed E-state index contributed by atoms with van der Waals surface area (Å²) < 4.78 is 0. The molecule has 0 spiro atoms. The first-order valence-electron chi connectivity index (χ1n) is 5.68. The summed E-state index contributed by atoms with van der Waals surface area (Å²) in [7, 11) is 0. The second kappa shape index (κ2) is 4.00. The predicted octanol–water partition coefficient (Wildman–Crippen LogP) is 3.06. The van der Waals surface area contributed by atoms with E-state index >= 15 is 0 Å². The molecule has 1 aliphatic rings. The molecule has 2 unspecified atom stereocenters. The van der Waals surface area contributed by atoms with Crippen molar-refractivity contribution in [1.82, 2.24) is 5.32 Å². The minimum absolute atomic E-state index is 0.369. The van der Waals surface area contributed by atoms with Gasteiger partial charge in [0.15, 0.2) is 0 Å². The van der Waals surface area contributed by atoms with Crippen molar-refractivity contribution in [2.24, 2.45) is 17.8 Å². The Balaban J connectivity index is 2.51. The molecule has 1 saturated heterocycles. The first kappa shape index (κ1) is 11.0. The molecule has 0 aliphatic carbocycles. The van der Waals surface area contributed by atoms with E-state index in [1.807, 2.05) is 0 Å². The lowest BCUT2D eigenvalue weighted by Crippen LogP contribution is -2.40. The van der Waals surface area contributed by atoms with Gasteiger partial charge in [0, 0.05) is 5.54 Å². The molecular formula is C12H25N. The summed E-state index contributed by atoms with van der Waals surface area (Å²) in [5, 5.41) is 3.60. The zero-order valence-electron chi connectivity index (χ0n) is 9.85. The smallest absolute Gasteiger partial charge is 0.0156 e. The van der Waals surface area contributed by atoms with E-state index < -0.39 is 0 Å². The van der Waals surface area contributed by atoms with Gasteiger partial charge >= 0.3 is 0 Å². The van der Waals surface area contributed by atoms with Crippen molar-refractivity contribution in [2.75, 3.05) is 6.54 Å². The van der Waals surface area contributed by atoms with Crippen LogP contribution in [0.4, 0.5) is 0 Å². The zero-order valence-corrected chi connectivity index (χ0v) is 9.85. The van der Waals surface area contributed by atoms with Gasteiger partial charge in [-0.15, -0.1) is 0 Å². The summed E-state index contributed by atoms with van der Waals surface area (Å²) >= 11 is 0. The van der Waals surface area contributed by atoms with E-state index in [1.165, 1.54) is 19.4 Å². The molecule has 2 atom stereocenters. The van der Waals surface area contributed by atoms with Crippen LogP contribution in [0.5, 0.6) is 0 Å². The van der Waals surface area contributed by atoms with Crippen LogP contribution in [0.3, 0.4) is 0 Å². The molecule has 1 aliphatic heterocycles. The van der Waals surface area contributed by atoms with Crippen molar-refractivity contribution in [2.45, 2.75) is 53.0 Å². The van der Waals surface area contributed by atoms with Crippen LogP contribution in [0.25, 0.3) is 0 Å². The van der Waals surface area contributed by atoms with Gasteiger partial charge in [-0.05, 0) is 51.0 Å². The lowest BCUT2D eigenvalue weighted by atomic mass is 9.76. The second-order valence-corrected chi connectivity index (χ2v) is 5.65. The maximum atomic E-state index is 3.60. The molecule has 0 saturated carbocycles. The predicted molar refractivity (Wildman–Crippen MR) is 58.8 cm³/mol. The number of nitrogens with one attached hydrogen (secondary N) is 1. The van der Waals surface area contributed by atoms with Gasteiger partial charge in [-0.1, -0.05) is 20.8 Å². The normalized spacial score (nSPS) is 29.5. The standard InChI is InChI=1S/C12H25N/c1-9(2)8-10(3)11-6-7-13-12(11,4)5/h9-11,13H,6-8H2,1-5H3. The number of rotatable bonds is 3. The Morgan fingerprint density at radius 3 is 2.31 bits per heavy atom.